The first-order valence-electron chi connectivity index (χ1n) is 6.22. The molecule has 0 radical (unpaired) electrons. The molecule has 1 aromatic heterocycles. The molecule has 0 amide bonds. The number of ketones is 1. The van der Waals surface area contributed by atoms with Crippen LogP contribution in [0.25, 0.3) is 6.08 Å². The number of nitrogens with zero attached hydrogens (tertiary/aromatic N) is 3. The Morgan fingerprint density at radius 3 is 2.64 bits per heavy atom. The minimum Gasteiger partial charge on any atom is -0.458 e. The van der Waals surface area contributed by atoms with Crippen molar-refractivity contribution >= 4 is 28.0 Å². The van der Waals surface area contributed by atoms with Crippen molar-refractivity contribution in [2.45, 2.75) is 6.92 Å². The van der Waals surface area contributed by atoms with Gasteiger partial charge in [-0.2, -0.15) is 12.7 Å². The molecule has 9 heteroatoms. The molecule has 1 heterocycles. The van der Waals surface area contributed by atoms with Gasteiger partial charge in [-0.1, -0.05) is 0 Å². The van der Waals surface area contributed by atoms with E-state index in [0.29, 0.717) is 5.69 Å². The molecule has 0 aliphatic rings. The Kier molecular flexibility index (Phi) is 6.20. The molecule has 0 aliphatic carbocycles. The number of carbonyl (C=O) groups is 2. The van der Waals surface area contributed by atoms with Gasteiger partial charge in [-0.25, -0.2) is 13.8 Å². The fourth-order valence-corrected chi connectivity index (χ4v) is 2.04. The van der Waals surface area contributed by atoms with Gasteiger partial charge in [-0.15, -0.1) is 0 Å². The van der Waals surface area contributed by atoms with E-state index in [1.807, 2.05) is 0 Å². The summed E-state index contributed by atoms with van der Waals surface area (Å²) < 4.78 is 30.5. The van der Waals surface area contributed by atoms with Gasteiger partial charge < -0.3 is 4.74 Å². The predicted molar refractivity (Wildman–Crippen MR) is 80.0 cm³/mol. The minimum atomic E-state index is -3.59. The fourth-order valence-electron chi connectivity index (χ4n) is 1.25. The lowest BCUT2D eigenvalue weighted by Gasteiger charge is -2.10. The second kappa shape index (κ2) is 7.66. The van der Waals surface area contributed by atoms with Gasteiger partial charge in [0.05, 0.1) is 5.69 Å². The Bertz CT molecular complexity index is 701. The molecule has 120 valence electrons. The van der Waals surface area contributed by atoms with Crippen molar-refractivity contribution in [2.24, 2.45) is 0 Å². The SMILES string of the molecule is CC(=O)/C=C/C(=O)OC/C=C/c1cn(S(=O)(=O)N(C)C)cn1. The van der Waals surface area contributed by atoms with Gasteiger partial charge in [0.2, 0.25) is 0 Å². The highest BCUT2D eigenvalue weighted by atomic mass is 32.2. The summed E-state index contributed by atoms with van der Waals surface area (Å²) in [5.41, 5.74) is 0.403. The molecule has 8 nitrogen and oxygen atoms in total. The molecular formula is C13H17N3O5S. The van der Waals surface area contributed by atoms with Gasteiger partial charge >= 0.3 is 16.2 Å². The van der Waals surface area contributed by atoms with E-state index in [2.05, 4.69) is 4.98 Å². The van der Waals surface area contributed by atoms with E-state index in [1.54, 1.807) is 0 Å². The Labute approximate surface area is 128 Å². The van der Waals surface area contributed by atoms with Gasteiger partial charge in [0.1, 0.15) is 12.9 Å². The highest BCUT2D eigenvalue weighted by molar-refractivity contribution is 7.87. The summed E-state index contributed by atoms with van der Waals surface area (Å²) in [5, 5.41) is 0. The van der Waals surface area contributed by atoms with Crippen LogP contribution in [0.15, 0.2) is 30.8 Å². The normalized spacial score (nSPS) is 12.4. The molecule has 0 atom stereocenters. The third-order valence-corrected chi connectivity index (χ3v) is 4.03. The summed E-state index contributed by atoms with van der Waals surface area (Å²) in [6, 6.07) is 0. The number of ether oxygens (including phenoxy) is 1. The first-order chi connectivity index (χ1) is 10.2. The van der Waals surface area contributed by atoms with Crippen molar-refractivity contribution in [3.63, 3.8) is 0 Å². The van der Waals surface area contributed by atoms with E-state index in [-0.39, 0.29) is 12.4 Å². The van der Waals surface area contributed by atoms with E-state index < -0.39 is 16.2 Å². The molecule has 0 aromatic carbocycles. The van der Waals surface area contributed by atoms with Crippen LogP contribution in [0, 0.1) is 0 Å². The van der Waals surface area contributed by atoms with Gasteiger partial charge in [-0.3, -0.25) is 4.79 Å². The molecule has 22 heavy (non-hydrogen) atoms. The summed E-state index contributed by atoms with van der Waals surface area (Å²) >= 11 is 0. The van der Waals surface area contributed by atoms with Crippen molar-refractivity contribution in [3.05, 3.63) is 36.4 Å². The van der Waals surface area contributed by atoms with Gasteiger partial charge in [0, 0.05) is 26.4 Å². The molecule has 0 unspecified atom stereocenters. The number of hydrogen-bond donors (Lipinski definition) is 0. The van der Waals surface area contributed by atoms with Crippen LogP contribution in [-0.4, -0.2) is 54.1 Å². The minimum absolute atomic E-state index is 0.0195. The first-order valence-corrected chi connectivity index (χ1v) is 7.62. The van der Waals surface area contributed by atoms with Crippen LogP contribution in [0.4, 0.5) is 0 Å². The van der Waals surface area contributed by atoms with Crippen molar-refractivity contribution in [1.29, 1.82) is 0 Å². The monoisotopic (exact) mass is 327 g/mol. The van der Waals surface area contributed by atoms with Gasteiger partial charge in [0.15, 0.2) is 5.78 Å². The molecule has 0 bridgehead atoms. The van der Waals surface area contributed by atoms with Crippen LogP contribution in [0.3, 0.4) is 0 Å². The number of rotatable bonds is 7. The van der Waals surface area contributed by atoms with Crippen LogP contribution >= 0.6 is 0 Å². The Balaban J connectivity index is 2.57. The second-order valence-electron chi connectivity index (χ2n) is 4.40. The first kappa shape index (κ1) is 17.8. The zero-order chi connectivity index (χ0) is 16.8. The summed E-state index contributed by atoms with van der Waals surface area (Å²) in [7, 11) is -0.757. The fraction of sp³-hybridized carbons (Fsp3) is 0.308. The maximum atomic E-state index is 11.8. The Hall–Kier alpha value is -2.26. The number of hydrogen-bond acceptors (Lipinski definition) is 6. The Morgan fingerprint density at radius 2 is 2.05 bits per heavy atom. The summed E-state index contributed by atoms with van der Waals surface area (Å²) in [6.45, 7) is 1.30. The number of aromatic nitrogens is 2. The van der Waals surface area contributed by atoms with Crippen LogP contribution in [0.1, 0.15) is 12.6 Å². The molecule has 1 rings (SSSR count). The van der Waals surface area contributed by atoms with Crippen LogP contribution in [0.2, 0.25) is 0 Å². The van der Waals surface area contributed by atoms with Crippen molar-refractivity contribution in [1.82, 2.24) is 13.3 Å². The lowest BCUT2D eigenvalue weighted by Crippen LogP contribution is -2.27. The Morgan fingerprint density at radius 1 is 1.36 bits per heavy atom. The lowest BCUT2D eigenvalue weighted by molar-refractivity contribution is -0.136. The third-order valence-electron chi connectivity index (χ3n) is 2.37. The smallest absolute Gasteiger partial charge is 0.331 e. The standard InChI is InChI=1S/C13H17N3O5S/c1-11(17)6-7-13(18)21-8-4-5-12-9-16(10-14-12)22(19,20)15(2)3/h4-7,9-10H,8H2,1-3H3/b5-4+,7-6+. The molecule has 0 fully saturated rings. The maximum Gasteiger partial charge on any atom is 0.331 e. The van der Waals surface area contributed by atoms with E-state index >= 15 is 0 Å². The molecule has 1 aromatic rings. The van der Waals surface area contributed by atoms with Crippen LogP contribution in [0.5, 0.6) is 0 Å². The van der Waals surface area contributed by atoms with Crippen molar-refractivity contribution in [3.8, 4) is 0 Å². The predicted octanol–water partition coefficient (Wildman–Crippen LogP) is 0.239. The maximum absolute atomic E-state index is 11.8. The molecule has 0 aliphatic heterocycles. The highest BCUT2D eigenvalue weighted by Gasteiger charge is 2.15. The second-order valence-corrected chi connectivity index (χ2v) is 6.44. The summed E-state index contributed by atoms with van der Waals surface area (Å²) in [6.07, 6.45) is 7.69. The van der Waals surface area contributed by atoms with Crippen LogP contribution in [-0.2, 0) is 24.5 Å². The summed E-state index contributed by atoms with van der Waals surface area (Å²) in [4.78, 5) is 25.7. The average Bonchev–Trinajstić information content (AvgIpc) is 2.90. The molecule has 0 saturated carbocycles. The average molecular weight is 327 g/mol. The quantitative estimate of drug-likeness (QED) is 0.525. The van der Waals surface area contributed by atoms with Gasteiger partial charge in [0.25, 0.3) is 0 Å². The third kappa shape index (κ3) is 5.26. The number of imidazole rings is 1. The largest absolute Gasteiger partial charge is 0.458 e. The van der Waals surface area contributed by atoms with E-state index in [4.69, 9.17) is 4.74 Å². The molecule has 0 N–H and O–H groups in total. The molecular weight excluding hydrogens is 310 g/mol. The highest BCUT2D eigenvalue weighted by Crippen LogP contribution is 2.05. The van der Waals surface area contributed by atoms with Crippen LogP contribution < -0.4 is 0 Å². The molecule has 0 spiro atoms. The summed E-state index contributed by atoms with van der Waals surface area (Å²) in [5.74, 6) is -0.888. The van der Waals surface area contributed by atoms with Crippen molar-refractivity contribution in [2.75, 3.05) is 20.7 Å². The zero-order valence-corrected chi connectivity index (χ0v) is 13.3. The van der Waals surface area contributed by atoms with E-state index in [9.17, 15) is 18.0 Å². The number of carbonyl (C=O) groups excluding carboxylic acids is 2. The number of esters is 1. The lowest BCUT2D eigenvalue weighted by atomic mass is 10.4. The van der Waals surface area contributed by atoms with Gasteiger partial charge in [-0.05, 0) is 25.2 Å². The van der Waals surface area contributed by atoms with Crippen molar-refractivity contribution < 1.29 is 22.7 Å². The topological polar surface area (TPSA) is 98.6 Å². The van der Waals surface area contributed by atoms with E-state index in [1.165, 1.54) is 45.7 Å². The zero-order valence-electron chi connectivity index (χ0n) is 12.5. The number of allylic oxidation sites excluding steroid dienone is 1. The van der Waals surface area contributed by atoms with E-state index in [0.717, 1.165) is 20.4 Å². The molecule has 0 saturated heterocycles.